The predicted molar refractivity (Wildman–Crippen MR) is 148 cm³/mol. The third-order valence-electron chi connectivity index (χ3n) is 7.51. The Morgan fingerprint density at radius 2 is 1.95 bits per heavy atom. The van der Waals surface area contributed by atoms with Crippen molar-refractivity contribution in [1.82, 2.24) is 24.3 Å². The number of aryl methyl sites for hydroxylation is 1. The molecule has 2 aliphatic rings. The van der Waals surface area contributed by atoms with Gasteiger partial charge in [-0.1, -0.05) is 6.07 Å². The zero-order chi connectivity index (χ0) is 29.8. The minimum atomic E-state index is -3.78. The number of aromatic nitrogens is 5. The highest BCUT2D eigenvalue weighted by Crippen LogP contribution is 2.39. The monoisotopic (exact) mass is 602 g/mol. The second kappa shape index (κ2) is 10.8. The number of alkyl halides is 3. The van der Waals surface area contributed by atoms with Crippen LogP contribution in [0.2, 0.25) is 0 Å². The van der Waals surface area contributed by atoms with Gasteiger partial charge in [-0.2, -0.15) is 5.10 Å². The van der Waals surface area contributed by atoms with Crippen LogP contribution in [0.3, 0.4) is 0 Å². The Morgan fingerprint density at radius 3 is 2.57 bits per heavy atom. The molecule has 0 spiro atoms. The number of halogens is 3. The normalized spacial score (nSPS) is 20.8. The Bertz CT molecular complexity index is 1780. The summed E-state index contributed by atoms with van der Waals surface area (Å²) in [5.41, 5.74) is 1.86. The first kappa shape index (κ1) is 28.3. The summed E-state index contributed by atoms with van der Waals surface area (Å²) in [5, 5.41) is 7.40. The molecule has 1 aliphatic carbocycles. The number of benzene rings is 1. The highest BCUT2D eigenvalue weighted by Gasteiger charge is 2.43. The molecule has 222 valence electrons. The van der Waals surface area contributed by atoms with Gasteiger partial charge in [0.1, 0.15) is 23.7 Å². The van der Waals surface area contributed by atoms with Gasteiger partial charge < -0.3 is 10.1 Å². The van der Waals surface area contributed by atoms with E-state index in [-0.39, 0.29) is 51.8 Å². The van der Waals surface area contributed by atoms with Crippen molar-refractivity contribution in [3.8, 4) is 11.3 Å². The van der Waals surface area contributed by atoms with Crippen LogP contribution in [0.1, 0.15) is 49.9 Å². The number of carbonyl (C=O) groups is 1. The maximum atomic E-state index is 14.3. The smallest absolute Gasteiger partial charge is 0.295 e. The van der Waals surface area contributed by atoms with Crippen molar-refractivity contribution in [3.05, 3.63) is 48.0 Å². The molecule has 4 heterocycles. The van der Waals surface area contributed by atoms with Crippen LogP contribution in [0.25, 0.3) is 22.4 Å². The number of nitrogens with one attached hydrogen (secondary N) is 1. The fourth-order valence-corrected chi connectivity index (χ4v) is 6.16. The van der Waals surface area contributed by atoms with E-state index in [0.717, 1.165) is 19.1 Å². The SMILES string of the molecule is Cn1ccc(-c2ccc(Nc3cc(CC(=O)[C@H]4C[C@@H]4F)nc4c3nc(C(F)F)n4C3CCCCO3)c(S(C)(=O)=O)c2)n1. The highest BCUT2D eigenvalue weighted by atomic mass is 32.2. The van der Waals surface area contributed by atoms with Gasteiger partial charge in [0.25, 0.3) is 6.43 Å². The predicted octanol–water partition coefficient (Wildman–Crippen LogP) is 5.09. The van der Waals surface area contributed by atoms with E-state index in [1.54, 1.807) is 36.1 Å². The minimum Gasteiger partial charge on any atom is -0.358 e. The van der Waals surface area contributed by atoms with Crippen LogP contribution < -0.4 is 5.32 Å². The lowest BCUT2D eigenvalue weighted by atomic mass is 10.1. The summed E-state index contributed by atoms with van der Waals surface area (Å²) in [4.78, 5) is 21.4. The standard InChI is InChI=1S/C28H29F3N6O4S/c1-36-9-8-19(35-36)15-6-7-20(23(11-15)42(2,39)40)33-21-12-16(13-22(38)17-14-18(17)29)32-27-25(21)34-28(26(30)31)37(27)24-5-3-4-10-41-24/h6-9,11-12,17-18,24,26H,3-5,10,13-14H2,1-2H3,(H,32,33)/t17-,18-,24?/m0/s1. The van der Waals surface area contributed by atoms with Gasteiger partial charge in [-0.15, -0.1) is 0 Å². The zero-order valence-electron chi connectivity index (χ0n) is 22.9. The van der Waals surface area contributed by atoms with E-state index in [0.29, 0.717) is 24.3 Å². The van der Waals surface area contributed by atoms with Gasteiger partial charge in [0, 0.05) is 38.1 Å². The summed E-state index contributed by atoms with van der Waals surface area (Å²) in [5.74, 6) is -1.60. The summed E-state index contributed by atoms with van der Waals surface area (Å²) >= 11 is 0. The lowest BCUT2D eigenvalue weighted by Gasteiger charge is -2.25. The molecular formula is C28H29F3N6O4S. The maximum absolute atomic E-state index is 14.3. The van der Waals surface area contributed by atoms with E-state index >= 15 is 0 Å². The second-order valence-electron chi connectivity index (χ2n) is 10.8. The Labute approximate surface area is 239 Å². The third-order valence-corrected chi connectivity index (χ3v) is 8.65. The molecule has 3 aromatic heterocycles. The fraction of sp³-hybridized carbons (Fsp3) is 0.429. The minimum absolute atomic E-state index is 0.0457. The number of Topliss-reactive ketones (excluding diaryl/α,β-unsaturated/α-hetero) is 1. The van der Waals surface area contributed by atoms with Crippen molar-refractivity contribution in [1.29, 1.82) is 0 Å². The van der Waals surface area contributed by atoms with Crippen LogP contribution in [0.5, 0.6) is 0 Å². The third kappa shape index (κ3) is 5.52. The van der Waals surface area contributed by atoms with E-state index in [1.165, 1.54) is 16.7 Å². The first-order valence-electron chi connectivity index (χ1n) is 13.6. The zero-order valence-corrected chi connectivity index (χ0v) is 23.7. The molecule has 1 unspecified atom stereocenters. The van der Waals surface area contributed by atoms with Crippen LogP contribution in [0, 0.1) is 5.92 Å². The summed E-state index contributed by atoms with van der Waals surface area (Å²) in [6.45, 7) is 0.385. The Kier molecular flexibility index (Phi) is 7.29. The van der Waals surface area contributed by atoms with Crippen molar-refractivity contribution < 1.29 is 31.1 Å². The molecule has 0 radical (unpaired) electrons. The number of anilines is 2. The molecule has 14 heteroatoms. The number of pyridine rings is 1. The number of hydrogen-bond donors (Lipinski definition) is 1. The van der Waals surface area contributed by atoms with Crippen LogP contribution in [-0.4, -0.2) is 57.6 Å². The van der Waals surface area contributed by atoms with E-state index in [1.807, 2.05) is 0 Å². The lowest BCUT2D eigenvalue weighted by Crippen LogP contribution is -2.21. The van der Waals surface area contributed by atoms with E-state index in [2.05, 4.69) is 20.4 Å². The molecule has 10 nitrogen and oxygen atoms in total. The molecule has 4 aromatic rings. The summed E-state index contributed by atoms with van der Waals surface area (Å²) < 4.78 is 76.7. The number of carbonyl (C=O) groups excluding carboxylic acids is 1. The van der Waals surface area contributed by atoms with Crippen molar-refractivity contribution >= 4 is 38.2 Å². The maximum Gasteiger partial charge on any atom is 0.295 e. The highest BCUT2D eigenvalue weighted by molar-refractivity contribution is 7.90. The average molecular weight is 603 g/mol. The molecule has 6 rings (SSSR count). The first-order chi connectivity index (χ1) is 20.0. The number of sulfone groups is 1. The van der Waals surface area contributed by atoms with Gasteiger partial charge in [-0.25, -0.2) is 31.6 Å². The molecule has 1 saturated heterocycles. The van der Waals surface area contributed by atoms with Crippen LogP contribution >= 0.6 is 0 Å². The second-order valence-corrected chi connectivity index (χ2v) is 12.8. The Hall–Kier alpha value is -3.78. The average Bonchev–Trinajstić information content (AvgIpc) is 3.33. The number of hydrogen-bond acceptors (Lipinski definition) is 8. The summed E-state index contributed by atoms with van der Waals surface area (Å²) in [6.07, 6.45) is -0.125. The number of rotatable bonds is 9. The summed E-state index contributed by atoms with van der Waals surface area (Å²) in [7, 11) is -2.03. The van der Waals surface area contributed by atoms with Gasteiger partial charge in [0.2, 0.25) is 0 Å². The fourth-order valence-electron chi connectivity index (χ4n) is 5.30. The van der Waals surface area contributed by atoms with Gasteiger partial charge in [0.15, 0.2) is 21.3 Å². The molecular weight excluding hydrogens is 573 g/mol. The molecule has 1 N–H and O–H groups in total. The number of fused-ring (bicyclic) bond motifs is 1. The lowest BCUT2D eigenvalue weighted by molar-refractivity contribution is -0.120. The van der Waals surface area contributed by atoms with Gasteiger partial charge in [0.05, 0.1) is 33.6 Å². The van der Waals surface area contributed by atoms with Crippen LogP contribution in [0.4, 0.5) is 24.5 Å². The summed E-state index contributed by atoms with van der Waals surface area (Å²) in [6, 6.07) is 7.96. The van der Waals surface area contributed by atoms with E-state index in [9.17, 15) is 26.4 Å². The van der Waals surface area contributed by atoms with Crippen molar-refractivity contribution in [2.45, 2.75) is 55.8 Å². The molecule has 1 aromatic carbocycles. The van der Waals surface area contributed by atoms with Crippen molar-refractivity contribution in [3.63, 3.8) is 0 Å². The van der Waals surface area contributed by atoms with E-state index < -0.39 is 40.4 Å². The number of ketones is 1. The molecule has 0 amide bonds. The van der Waals surface area contributed by atoms with Crippen LogP contribution in [0.15, 0.2) is 41.4 Å². The van der Waals surface area contributed by atoms with Crippen LogP contribution in [-0.2, 0) is 32.8 Å². The number of ether oxygens (including phenoxy) is 1. The number of nitrogens with zero attached hydrogens (tertiary/aromatic N) is 5. The molecule has 42 heavy (non-hydrogen) atoms. The largest absolute Gasteiger partial charge is 0.358 e. The Morgan fingerprint density at radius 1 is 1.17 bits per heavy atom. The number of imidazole rings is 1. The van der Waals surface area contributed by atoms with Gasteiger partial charge in [-0.3, -0.25) is 14.0 Å². The first-order valence-corrected chi connectivity index (χ1v) is 15.5. The Balaban J connectivity index is 1.49. The molecule has 3 atom stereocenters. The topological polar surface area (TPSA) is 121 Å². The van der Waals surface area contributed by atoms with Crippen molar-refractivity contribution in [2.24, 2.45) is 13.0 Å². The molecule has 1 aliphatic heterocycles. The molecule has 0 bridgehead atoms. The van der Waals surface area contributed by atoms with Gasteiger partial charge >= 0.3 is 0 Å². The van der Waals surface area contributed by atoms with E-state index in [4.69, 9.17) is 4.74 Å². The molecule has 2 fully saturated rings. The van der Waals surface area contributed by atoms with Crippen molar-refractivity contribution in [2.75, 3.05) is 18.2 Å². The molecule has 1 saturated carbocycles. The van der Waals surface area contributed by atoms with Gasteiger partial charge in [-0.05, 0) is 49.9 Å². The quantitative estimate of drug-likeness (QED) is 0.282.